The summed E-state index contributed by atoms with van der Waals surface area (Å²) in [5.74, 6) is 0.0454. The van der Waals surface area contributed by atoms with Crippen LogP contribution in [0.4, 0.5) is 14.5 Å². The third kappa shape index (κ3) is 4.11. The van der Waals surface area contributed by atoms with E-state index in [9.17, 15) is 8.78 Å². The van der Waals surface area contributed by atoms with Crippen molar-refractivity contribution in [3.05, 3.63) is 45.7 Å². The van der Waals surface area contributed by atoms with Gasteiger partial charge in [-0.1, -0.05) is 11.6 Å². The van der Waals surface area contributed by atoms with Crippen molar-refractivity contribution < 1.29 is 13.5 Å². The minimum atomic E-state index is -2.90. The number of anilines is 1. The topological polar surface area (TPSA) is 26.2 Å². The molecular weight excluding hydrogens is 366 g/mol. The van der Waals surface area contributed by atoms with Crippen LogP contribution in [0, 0.1) is 0 Å². The van der Waals surface area contributed by atoms with E-state index in [4.69, 9.17) is 11.6 Å². The average Bonchev–Trinajstić information content (AvgIpc) is 2.86. The van der Waals surface area contributed by atoms with Crippen LogP contribution in [0.25, 0.3) is 0 Å². The zero-order chi connectivity index (χ0) is 15.4. The van der Waals surface area contributed by atoms with Crippen molar-refractivity contribution >= 4 is 33.2 Å². The van der Waals surface area contributed by atoms with Gasteiger partial charge in [-0.05, 0) is 47.1 Å². The van der Waals surface area contributed by atoms with E-state index in [2.05, 4.69) is 30.6 Å². The van der Waals surface area contributed by atoms with Gasteiger partial charge in [0.1, 0.15) is 0 Å². The molecule has 0 amide bonds. The largest absolute Gasteiger partial charge is 0.431 e. The molecule has 1 aromatic carbocycles. The fourth-order valence-corrected chi connectivity index (χ4v) is 2.91. The Morgan fingerprint density at radius 2 is 2.19 bits per heavy atom. The van der Waals surface area contributed by atoms with E-state index in [-0.39, 0.29) is 5.75 Å². The lowest BCUT2D eigenvalue weighted by Crippen LogP contribution is -2.09. The van der Waals surface area contributed by atoms with Gasteiger partial charge in [-0.2, -0.15) is 8.78 Å². The molecule has 21 heavy (non-hydrogen) atoms. The van der Waals surface area contributed by atoms with E-state index in [1.807, 2.05) is 25.3 Å². The number of hydrogen-bond donors (Lipinski definition) is 1. The molecule has 0 saturated heterocycles. The lowest BCUT2D eigenvalue weighted by atomic mass is 10.3. The second-order valence-electron chi connectivity index (χ2n) is 4.28. The van der Waals surface area contributed by atoms with Crippen LogP contribution in [0.3, 0.4) is 0 Å². The molecular formula is C14H14BrClF2N2O. The molecule has 0 fully saturated rings. The third-order valence-corrected chi connectivity index (χ3v) is 3.75. The molecule has 2 aromatic rings. The number of benzene rings is 1. The molecule has 1 N–H and O–H groups in total. The van der Waals surface area contributed by atoms with E-state index >= 15 is 0 Å². The van der Waals surface area contributed by atoms with Gasteiger partial charge in [0.05, 0.1) is 16.7 Å². The lowest BCUT2D eigenvalue weighted by molar-refractivity contribution is -0.0498. The maximum Gasteiger partial charge on any atom is 0.387 e. The Kier molecular flexibility index (Phi) is 5.47. The fraction of sp³-hybridized carbons (Fsp3) is 0.286. The molecule has 1 aromatic heterocycles. The van der Waals surface area contributed by atoms with Gasteiger partial charge >= 0.3 is 6.61 Å². The zero-order valence-corrected chi connectivity index (χ0v) is 13.6. The first-order valence-electron chi connectivity index (χ1n) is 6.33. The Bertz CT molecular complexity index is 619. The maximum atomic E-state index is 12.5. The molecule has 0 aliphatic rings. The van der Waals surface area contributed by atoms with Crippen LogP contribution < -0.4 is 10.1 Å². The van der Waals surface area contributed by atoms with Gasteiger partial charge in [-0.25, -0.2) is 0 Å². The molecule has 0 aliphatic heterocycles. The number of alkyl halides is 2. The summed E-state index contributed by atoms with van der Waals surface area (Å²) in [5, 5.41) is 3.51. The van der Waals surface area contributed by atoms with Crippen LogP contribution in [0.1, 0.15) is 12.6 Å². The number of ether oxygens (including phenoxy) is 1. The average molecular weight is 380 g/mol. The minimum Gasteiger partial charge on any atom is -0.431 e. The third-order valence-electron chi connectivity index (χ3n) is 2.94. The van der Waals surface area contributed by atoms with Crippen LogP contribution >= 0.6 is 27.5 Å². The molecule has 0 saturated carbocycles. The molecule has 3 nitrogen and oxygen atoms in total. The Labute approximate surface area is 135 Å². The first-order chi connectivity index (χ1) is 10.0. The standard InChI is InChI=1S/C14H14BrClF2N2O/c1-2-20-5-3-4-10(20)8-19-12-7-9(16)6-11(15)13(12)21-14(17)18/h3-7,14,19H,2,8H2,1H3. The Morgan fingerprint density at radius 3 is 2.86 bits per heavy atom. The van der Waals surface area contributed by atoms with Gasteiger partial charge in [0, 0.05) is 23.5 Å². The highest BCUT2D eigenvalue weighted by Gasteiger charge is 2.15. The van der Waals surface area contributed by atoms with Gasteiger partial charge in [-0.3, -0.25) is 0 Å². The van der Waals surface area contributed by atoms with Crippen molar-refractivity contribution in [3.63, 3.8) is 0 Å². The van der Waals surface area contributed by atoms with Crippen molar-refractivity contribution in [2.45, 2.75) is 26.6 Å². The van der Waals surface area contributed by atoms with Crippen LogP contribution in [0.2, 0.25) is 5.02 Å². The molecule has 7 heteroatoms. The molecule has 0 aliphatic carbocycles. The summed E-state index contributed by atoms with van der Waals surface area (Å²) in [7, 11) is 0. The number of hydrogen-bond acceptors (Lipinski definition) is 2. The second-order valence-corrected chi connectivity index (χ2v) is 5.57. The summed E-state index contributed by atoms with van der Waals surface area (Å²) < 4.78 is 32.0. The van der Waals surface area contributed by atoms with E-state index in [1.165, 1.54) is 6.07 Å². The minimum absolute atomic E-state index is 0.0454. The Morgan fingerprint density at radius 1 is 1.43 bits per heavy atom. The van der Waals surface area contributed by atoms with Gasteiger partial charge in [0.15, 0.2) is 5.75 Å². The molecule has 0 bridgehead atoms. The predicted octanol–water partition coefficient (Wildman–Crippen LogP) is 5.14. The highest BCUT2D eigenvalue weighted by atomic mass is 79.9. The SMILES string of the molecule is CCn1cccc1CNc1cc(Cl)cc(Br)c1OC(F)F. The summed E-state index contributed by atoms with van der Waals surface area (Å²) in [4.78, 5) is 0. The van der Waals surface area contributed by atoms with Gasteiger partial charge in [-0.15, -0.1) is 0 Å². The summed E-state index contributed by atoms with van der Waals surface area (Å²) in [5.41, 5.74) is 1.45. The molecule has 0 spiro atoms. The Hall–Kier alpha value is -1.27. The van der Waals surface area contributed by atoms with Gasteiger partial charge < -0.3 is 14.6 Å². The van der Waals surface area contributed by atoms with Crippen LogP contribution in [0.5, 0.6) is 5.75 Å². The highest BCUT2D eigenvalue weighted by Crippen LogP contribution is 2.37. The van der Waals surface area contributed by atoms with E-state index in [1.54, 1.807) is 6.07 Å². The summed E-state index contributed by atoms with van der Waals surface area (Å²) in [6.07, 6.45) is 1.96. The second kappa shape index (κ2) is 7.13. The summed E-state index contributed by atoms with van der Waals surface area (Å²) >= 11 is 9.14. The molecule has 0 unspecified atom stereocenters. The molecule has 0 radical (unpaired) electrons. The normalized spacial score (nSPS) is 11.0. The monoisotopic (exact) mass is 378 g/mol. The van der Waals surface area contributed by atoms with Crippen molar-refractivity contribution in [3.8, 4) is 5.75 Å². The van der Waals surface area contributed by atoms with E-state index in [0.29, 0.717) is 21.7 Å². The maximum absolute atomic E-state index is 12.5. The number of aromatic nitrogens is 1. The number of aryl methyl sites for hydroxylation is 1. The molecule has 114 valence electrons. The van der Waals surface area contributed by atoms with Gasteiger partial charge in [0.2, 0.25) is 0 Å². The van der Waals surface area contributed by atoms with Crippen molar-refractivity contribution in [1.29, 1.82) is 0 Å². The van der Waals surface area contributed by atoms with Crippen molar-refractivity contribution in [2.24, 2.45) is 0 Å². The number of rotatable bonds is 6. The van der Waals surface area contributed by atoms with E-state index < -0.39 is 6.61 Å². The van der Waals surface area contributed by atoms with Crippen molar-refractivity contribution in [1.82, 2.24) is 4.57 Å². The van der Waals surface area contributed by atoms with Crippen LogP contribution in [-0.4, -0.2) is 11.2 Å². The first-order valence-corrected chi connectivity index (χ1v) is 7.50. The number of nitrogens with zero attached hydrogens (tertiary/aromatic N) is 1. The predicted molar refractivity (Wildman–Crippen MR) is 83.2 cm³/mol. The van der Waals surface area contributed by atoms with Gasteiger partial charge in [0.25, 0.3) is 0 Å². The fourth-order valence-electron chi connectivity index (χ4n) is 2.00. The summed E-state index contributed by atoms with van der Waals surface area (Å²) in [6, 6.07) is 6.97. The number of nitrogens with one attached hydrogen (secondary N) is 1. The smallest absolute Gasteiger partial charge is 0.387 e. The number of halogens is 4. The molecule has 1 heterocycles. The zero-order valence-electron chi connectivity index (χ0n) is 11.2. The highest BCUT2D eigenvalue weighted by molar-refractivity contribution is 9.10. The summed E-state index contributed by atoms with van der Waals surface area (Å²) in [6.45, 7) is 0.448. The van der Waals surface area contributed by atoms with Crippen LogP contribution in [-0.2, 0) is 13.1 Å². The molecule has 2 rings (SSSR count). The van der Waals surface area contributed by atoms with Crippen molar-refractivity contribution in [2.75, 3.05) is 5.32 Å². The van der Waals surface area contributed by atoms with E-state index in [0.717, 1.165) is 12.2 Å². The quantitative estimate of drug-likeness (QED) is 0.752. The Balaban J connectivity index is 2.22. The first kappa shape index (κ1) is 16.1. The van der Waals surface area contributed by atoms with Crippen LogP contribution in [0.15, 0.2) is 34.9 Å². The molecule has 0 atom stereocenters. The lowest BCUT2D eigenvalue weighted by Gasteiger charge is -2.15.